The Morgan fingerprint density at radius 1 is 1.33 bits per heavy atom. The van der Waals surface area contributed by atoms with Crippen LogP contribution in [-0.2, 0) is 0 Å². The number of alkyl halides is 1. The summed E-state index contributed by atoms with van der Waals surface area (Å²) in [4.78, 5) is 15.0. The van der Waals surface area contributed by atoms with E-state index in [2.05, 4.69) is 4.99 Å². The average Bonchev–Trinajstić information content (AvgIpc) is 2.12. The van der Waals surface area contributed by atoms with E-state index in [1.54, 1.807) is 24.3 Å². The number of benzene rings is 1. The van der Waals surface area contributed by atoms with Crippen molar-refractivity contribution in [3.05, 3.63) is 29.8 Å². The topological polar surface area (TPSA) is 29.4 Å². The molecule has 60 valence electrons. The van der Waals surface area contributed by atoms with Crippen molar-refractivity contribution in [1.82, 2.24) is 0 Å². The van der Waals surface area contributed by atoms with Gasteiger partial charge in [-0.3, -0.25) is 9.79 Å². The number of rotatable bonds is 0. The van der Waals surface area contributed by atoms with Crippen molar-refractivity contribution in [3.8, 4) is 0 Å². The lowest BCUT2D eigenvalue weighted by Crippen LogP contribution is -2.20. The van der Waals surface area contributed by atoms with Crippen LogP contribution in [0.4, 0.5) is 10.1 Å². The second-order valence-corrected chi connectivity index (χ2v) is 2.56. The van der Waals surface area contributed by atoms with Crippen LogP contribution in [-0.4, -0.2) is 18.2 Å². The Kier molecular flexibility index (Phi) is 1.50. The summed E-state index contributed by atoms with van der Waals surface area (Å²) in [6.07, 6.45) is -0.537. The van der Waals surface area contributed by atoms with E-state index in [1.807, 2.05) is 0 Å². The number of carbonyl (C=O) groups is 1. The molecule has 1 heterocycles. The summed E-state index contributed by atoms with van der Waals surface area (Å²) < 4.78 is 12.8. The van der Waals surface area contributed by atoms with Crippen molar-refractivity contribution in [2.75, 3.05) is 0 Å². The summed E-state index contributed by atoms with van der Waals surface area (Å²) in [5, 5.41) is 0. The van der Waals surface area contributed by atoms with Crippen LogP contribution in [0.1, 0.15) is 10.4 Å². The lowest BCUT2D eigenvalue weighted by Gasteiger charge is -2.10. The van der Waals surface area contributed by atoms with Crippen LogP contribution in [0.3, 0.4) is 0 Å². The maximum absolute atomic E-state index is 12.8. The molecule has 0 aromatic heterocycles. The highest BCUT2D eigenvalue weighted by atomic mass is 19.1. The van der Waals surface area contributed by atoms with E-state index in [0.717, 1.165) is 6.21 Å². The molecule has 12 heavy (non-hydrogen) atoms. The van der Waals surface area contributed by atoms with E-state index in [-0.39, 0.29) is 0 Å². The van der Waals surface area contributed by atoms with E-state index in [4.69, 9.17) is 0 Å². The molecule has 0 aliphatic carbocycles. The Balaban J connectivity index is 2.59. The summed E-state index contributed by atoms with van der Waals surface area (Å²) in [5.74, 6) is -0.499. The lowest BCUT2D eigenvalue weighted by molar-refractivity contribution is 0.0927. The number of carbonyl (C=O) groups excluding carboxylic acids is 1. The average molecular weight is 163 g/mol. The van der Waals surface area contributed by atoms with Gasteiger partial charge in [-0.15, -0.1) is 0 Å². The monoisotopic (exact) mass is 163 g/mol. The molecule has 1 unspecified atom stereocenters. The second-order valence-electron chi connectivity index (χ2n) is 2.56. The summed E-state index contributed by atoms with van der Waals surface area (Å²) in [6.45, 7) is 0. The van der Waals surface area contributed by atoms with Crippen molar-refractivity contribution >= 4 is 17.7 Å². The van der Waals surface area contributed by atoms with Gasteiger partial charge in [0.2, 0.25) is 5.78 Å². The number of para-hydroxylation sites is 1. The van der Waals surface area contributed by atoms with E-state index in [0.29, 0.717) is 11.3 Å². The first-order valence-electron chi connectivity index (χ1n) is 3.60. The van der Waals surface area contributed by atoms with Crippen molar-refractivity contribution in [3.63, 3.8) is 0 Å². The van der Waals surface area contributed by atoms with Gasteiger partial charge < -0.3 is 0 Å². The third kappa shape index (κ3) is 0.942. The number of hydrogen-bond donors (Lipinski definition) is 0. The quantitative estimate of drug-likeness (QED) is 0.574. The Morgan fingerprint density at radius 2 is 2.08 bits per heavy atom. The van der Waals surface area contributed by atoms with Crippen molar-refractivity contribution in [2.24, 2.45) is 4.99 Å². The van der Waals surface area contributed by atoms with Crippen LogP contribution in [0.15, 0.2) is 29.3 Å². The number of Topliss-reactive ketones (excluding diaryl/α,β-unsaturated/α-hetero) is 1. The van der Waals surface area contributed by atoms with Crippen LogP contribution >= 0.6 is 0 Å². The van der Waals surface area contributed by atoms with Gasteiger partial charge >= 0.3 is 0 Å². The van der Waals surface area contributed by atoms with Gasteiger partial charge in [-0.1, -0.05) is 12.1 Å². The minimum Gasteiger partial charge on any atom is -0.290 e. The summed E-state index contributed by atoms with van der Waals surface area (Å²) in [6, 6.07) is 6.74. The van der Waals surface area contributed by atoms with Gasteiger partial charge in [0.05, 0.1) is 5.69 Å². The first-order chi connectivity index (χ1) is 5.79. The van der Waals surface area contributed by atoms with Gasteiger partial charge in [0, 0.05) is 11.8 Å². The van der Waals surface area contributed by atoms with Crippen molar-refractivity contribution in [1.29, 1.82) is 0 Å². The molecule has 0 saturated carbocycles. The maximum atomic E-state index is 12.8. The largest absolute Gasteiger partial charge is 0.290 e. The number of hydrogen-bond acceptors (Lipinski definition) is 2. The van der Waals surface area contributed by atoms with Gasteiger partial charge in [0.1, 0.15) is 0 Å². The van der Waals surface area contributed by atoms with E-state index in [9.17, 15) is 9.18 Å². The Labute approximate surface area is 68.7 Å². The minimum absolute atomic E-state index is 0.368. The highest BCUT2D eigenvalue weighted by Crippen LogP contribution is 2.23. The summed E-state index contributed by atoms with van der Waals surface area (Å²) in [7, 11) is 0. The molecule has 0 amide bonds. The van der Waals surface area contributed by atoms with Gasteiger partial charge in [-0.05, 0) is 12.1 Å². The molecule has 1 aromatic carbocycles. The molecular weight excluding hydrogens is 157 g/mol. The molecule has 2 rings (SSSR count). The fourth-order valence-electron chi connectivity index (χ4n) is 1.16. The lowest BCUT2D eigenvalue weighted by atomic mass is 10.0. The fraction of sp³-hybridized carbons (Fsp3) is 0.111. The van der Waals surface area contributed by atoms with Gasteiger partial charge in [-0.2, -0.15) is 0 Å². The number of nitrogens with zero attached hydrogens (tertiary/aromatic N) is 1. The highest BCUT2D eigenvalue weighted by molar-refractivity contribution is 6.14. The SMILES string of the molecule is O=C1c2ccccc2N=CC1F. The van der Waals surface area contributed by atoms with Crippen LogP contribution in [0.5, 0.6) is 0 Å². The molecular formula is C9H6FNO. The first kappa shape index (κ1) is 7.16. The molecule has 0 N–H and O–H groups in total. The Morgan fingerprint density at radius 3 is 2.92 bits per heavy atom. The van der Waals surface area contributed by atoms with Gasteiger partial charge in [0.25, 0.3) is 0 Å². The van der Waals surface area contributed by atoms with Gasteiger partial charge in [0.15, 0.2) is 6.17 Å². The van der Waals surface area contributed by atoms with Crippen molar-refractivity contribution < 1.29 is 9.18 Å². The van der Waals surface area contributed by atoms with Gasteiger partial charge in [-0.25, -0.2) is 4.39 Å². The third-order valence-corrected chi connectivity index (χ3v) is 1.76. The maximum Gasteiger partial charge on any atom is 0.204 e. The first-order valence-corrected chi connectivity index (χ1v) is 3.60. The van der Waals surface area contributed by atoms with Crippen LogP contribution in [0, 0.1) is 0 Å². The molecule has 1 atom stereocenters. The molecule has 3 heteroatoms. The van der Waals surface area contributed by atoms with E-state index < -0.39 is 12.0 Å². The molecule has 2 nitrogen and oxygen atoms in total. The molecule has 1 aromatic rings. The number of fused-ring (bicyclic) bond motifs is 1. The zero-order valence-electron chi connectivity index (χ0n) is 6.20. The van der Waals surface area contributed by atoms with Crippen LogP contribution in [0.2, 0.25) is 0 Å². The smallest absolute Gasteiger partial charge is 0.204 e. The van der Waals surface area contributed by atoms with E-state index in [1.165, 1.54) is 0 Å². The second kappa shape index (κ2) is 2.52. The van der Waals surface area contributed by atoms with Crippen LogP contribution < -0.4 is 0 Å². The zero-order valence-corrected chi connectivity index (χ0v) is 6.20. The highest BCUT2D eigenvalue weighted by Gasteiger charge is 2.23. The molecule has 1 aliphatic heterocycles. The standard InChI is InChI=1S/C9H6FNO/c10-7-5-11-8-4-2-1-3-6(8)9(7)12/h1-5,7H. The molecule has 1 aliphatic rings. The normalized spacial score (nSPS) is 20.8. The predicted molar refractivity (Wildman–Crippen MR) is 43.8 cm³/mol. The Hall–Kier alpha value is -1.51. The molecule has 0 saturated heterocycles. The summed E-state index contributed by atoms with van der Waals surface area (Å²) >= 11 is 0. The number of halogens is 1. The number of aliphatic imine (C=N–C) groups is 1. The minimum atomic E-state index is -1.57. The fourth-order valence-corrected chi connectivity index (χ4v) is 1.16. The zero-order chi connectivity index (χ0) is 8.55. The third-order valence-electron chi connectivity index (χ3n) is 1.76. The number of ketones is 1. The predicted octanol–water partition coefficient (Wildman–Crippen LogP) is 1.92. The molecule has 0 bridgehead atoms. The molecule has 0 fully saturated rings. The molecule has 0 spiro atoms. The molecule has 0 radical (unpaired) electrons. The Bertz CT molecular complexity index is 359. The van der Waals surface area contributed by atoms with Crippen molar-refractivity contribution in [2.45, 2.75) is 6.17 Å². The summed E-state index contributed by atoms with van der Waals surface area (Å²) in [5.41, 5.74) is 0.920. The van der Waals surface area contributed by atoms with E-state index >= 15 is 0 Å². The van der Waals surface area contributed by atoms with Crippen LogP contribution in [0.25, 0.3) is 0 Å².